The Morgan fingerprint density at radius 1 is 1.05 bits per heavy atom. The summed E-state index contributed by atoms with van der Waals surface area (Å²) >= 11 is 0. The normalized spacial score (nSPS) is 11.2. The standard InChI is InChI=1S/C17H19NO3S/c1-12-4-5-13(2)15(10-12)11-22(20,21)17-8-6-16(7-9-17)18-14(3)19/h4-10H,11H2,1-3H3,(H,18,19). The molecular formula is C17H19NO3S. The monoisotopic (exact) mass is 317 g/mol. The lowest BCUT2D eigenvalue weighted by Crippen LogP contribution is -2.08. The van der Waals surface area contributed by atoms with Crippen LogP contribution in [-0.4, -0.2) is 14.3 Å². The first-order valence-electron chi connectivity index (χ1n) is 6.94. The molecule has 0 aliphatic heterocycles. The zero-order chi connectivity index (χ0) is 16.3. The van der Waals surface area contributed by atoms with Gasteiger partial charge >= 0.3 is 0 Å². The van der Waals surface area contributed by atoms with E-state index in [-0.39, 0.29) is 16.6 Å². The van der Waals surface area contributed by atoms with Gasteiger partial charge in [-0.1, -0.05) is 23.8 Å². The lowest BCUT2D eigenvalue weighted by atomic mass is 10.1. The zero-order valence-corrected chi connectivity index (χ0v) is 13.7. The highest BCUT2D eigenvalue weighted by Crippen LogP contribution is 2.21. The third-order valence-corrected chi connectivity index (χ3v) is 5.07. The molecule has 0 saturated carbocycles. The van der Waals surface area contributed by atoms with Gasteiger partial charge in [0.2, 0.25) is 5.91 Å². The zero-order valence-electron chi connectivity index (χ0n) is 12.9. The van der Waals surface area contributed by atoms with E-state index in [4.69, 9.17) is 0 Å². The van der Waals surface area contributed by atoms with Crippen molar-refractivity contribution in [3.8, 4) is 0 Å². The Bertz CT molecular complexity index is 793. The molecule has 0 bridgehead atoms. The van der Waals surface area contributed by atoms with Gasteiger partial charge in [0.05, 0.1) is 10.6 Å². The summed E-state index contributed by atoms with van der Waals surface area (Å²) in [6, 6.07) is 12.0. The van der Waals surface area contributed by atoms with E-state index in [0.29, 0.717) is 5.69 Å². The summed E-state index contributed by atoms with van der Waals surface area (Å²) in [7, 11) is -3.41. The molecule has 0 unspecified atom stereocenters. The highest BCUT2D eigenvalue weighted by molar-refractivity contribution is 7.90. The minimum Gasteiger partial charge on any atom is -0.326 e. The number of nitrogens with one attached hydrogen (secondary N) is 1. The summed E-state index contributed by atoms with van der Waals surface area (Å²) in [5, 5.41) is 2.62. The maximum absolute atomic E-state index is 12.5. The van der Waals surface area contributed by atoms with Crippen LogP contribution in [0, 0.1) is 13.8 Å². The summed E-state index contributed by atoms with van der Waals surface area (Å²) < 4.78 is 25.0. The number of carbonyl (C=O) groups excluding carboxylic acids is 1. The van der Waals surface area contributed by atoms with Gasteiger partial charge in [0.1, 0.15) is 0 Å². The second kappa shape index (κ2) is 6.32. The fraction of sp³-hybridized carbons (Fsp3) is 0.235. The first-order valence-corrected chi connectivity index (χ1v) is 8.60. The molecule has 22 heavy (non-hydrogen) atoms. The van der Waals surface area contributed by atoms with Gasteiger partial charge in [-0.05, 0) is 49.2 Å². The van der Waals surface area contributed by atoms with E-state index in [0.717, 1.165) is 16.7 Å². The smallest absolute Gasteiger partial charge is 0.221 e. The van der Waals surface area contributed by atoms with Crippen molar-refractivity contribution in [2.24, 2.45) is 0 Å². The maximum atomic E-state index is 12.5. The number of carbonyl (C=O) groups is 1. The SMILES string of the molecule is CC(=O)Nc1ccc(S(=O)(=O)Cc2cc(C)ccc2C)cc1. The molecule has 0 spiro atoms. The molecule has 0 aliphatic carbocycles. The number of sulfone groups is 1. The molecule has 116 valence electrons. The van der Waals surface area contributed by atoms with Crippen LogP contribution in [-0.2, 0) is 20.4 Å². The molecule has 0 saturated heterocycles. The van der Waals surface area contributed by atoms with E-state index < -0.39 is 9.84 Å². The number of aryl methyl sites for hydroxylation is 2. The maximum Gasteiger partial charge on any atom is 0.221 e. The van der Waals surface area contributed by atoms with Crippen LogP contribution < -0.4 is 5.32 Å². The third kappa shape index (κ3) is 3.95. The average molecular weight is 317 g/mol. The van der Waals surface area contributed by atoms with E-state index in [2.05, 4.69) is 5.32 Å². The summed E-state index contributed by atoms with van der Waals surface area (Å²) in [5.41, 5.74) is 3.39. The van der Waals surface area contributed by atoms with Crippen LogP contribution in [0.15, 0.2) is 47.4 Å². The van der Waals surface area contributed by atoms with Gasteiger partial charge in [0.25, 0.3) is 0 Å². The molecule has 0 aromatic heterocycles. The highest BCUT2D eigenvalue weighted by Gasteiger charge is 2.16. The molecule has 0 heterocycles. The summed E-state index contributed by atoms with van der Waals surface area (Å²) in [6.07, 6.45) is 0. The van der Waals surface area contributed by atoms with Gasteiger partial charge in [-0.2, -0.15) is 0 Å². The summed E-state index contributed by atoms with van der Waals surface area (Å²) in [6.45, 7) is 5.26. The average Bonchev–Trinajstić information content (AvgIpc) is 2.42. The van der Waals surface area contributed by atoms with Crippen LogP contribution in [0.5, 0.6) is 0 Å². The topological polar surface area (TPSA) is 63.2 Å². The first-order chi connectivity index (χ1) is 10.3. The Hall–Kier alpha value is -2.14. The Kier molecular flexibility index (Phi) is 4.66. The Balaban J connectivity index is 2.26. The number of anilines is 1. The van der Waals surface area contributed by atoms with Gasteiger partial charge in [0.15, 0.2) is 9.84 Å². The molecule has 2 rings (SSSR count). The number of rotatable bonds is 4. The van der Waals surface area contributed by atoms with Crippen molar-refractivity contribution in [3.63, 3.8) is 0 Å². The fourth-order valence-electron chi connectivity index (χ4n) is 2.19. The van der Waals surface area contributed by atoms with E-state index in [1.165, 1.54) is 19.1 Å². The van der Waals surface area contributed by atoms with Crippen molar-refractivity contribution in [1.29, 1.82) is 0 Å². The Morgan fingerprint density at radius 2 is 1.68 bits per heavy atom. The molecule has 2 aromatic carbocycles. The quantitative estimate of drug-likeness (QED) is 0.941. The van der Waals surface area contributed by atoms with Crippen LogP contribution in [0.25, 0.3) is 0 Å². The van der Waals surface area contributed by atoms with E-state index >= 15 is 0 Å². The molecule has 1 N–H and O–H groups in total. The Morgan fingerprint density at radius 3 is 2.27 bits per heavy atom. The largest absolute Gasteiger partial charge is 0.326 e. The lowest BCUT2D eigenvalue weighted by molar-refractivity contribution is -0.114. The van der Waals surface area contributed by atoms with Crippen LogP contribution >= 0.6 is 0 Å². The van der Waals surface area contributed by atoms with Gasteiger partial charge in [0, 0.05) is 12.6 Å². The number of hydrogen-bond acceptors (Lipinski definition) is 3. The number of hydrogen-bond donors (Lipinski definition) is 1. The summed E-state index contributed by atoms with van der Waals surface area (Å²) in [5.74, 6) is -0.217. The predicted octanol–water partition coefficient (Wildman–Crippen LogP) is 3.24. The molecule has 0 fully saturated rings. The van der Waals surface area contributed by atoms with Crippen molar-refractivity contribution in [2.75, 3.05) is 5.32 Å². The third-order valence-electron chi connectivity index (χ3n) is 3.38. The van der Waals surface area contributed by atoms with Crippen molar-refractivity contribution in [3.05, 3.63) is 59.2 Å². The molecule has 0 atom stereocenters. The molecule has 4 nitrogen and oxygen atoms in total. The minimum atomic E-state index is -3.41. The molecule has 0 aliphatic rings. The van der Waals surface area contributed by atoms with Gasteiger partial charge < -0.3 is 5.32 Å². The van der Waals surface area contributed by atoms with Gasteiger partial charge in [-0.25, -0.2) is 8.42 Å². The highest BCUT2D eigenvalue weighted by atomic mass is 32.2. The molecule has 5 heteroatoms. The van der Waals surface area contributed by atoms with Crippen molar-refractivity contribution in [1.82, 2.24) is 0 Å². The molecule has 1 amide bonds. The van der Waals surface area contributed by atoms with E-state index in [1.807, 2.05) is 32.0 Å². The van der Waals surface area contributed by atoms with Gasteiger partial charge in [-0.15, -0.1) is 0 Å². The summed E-state index contributed by atoms with van der Waals surface area (Å²) in [4.78, 5) is 11.2. The van der Waals surface area contributed by atoms with E-state index in [1.54, 1.807) is 12.1 Å². The number of benzene rings is 2. The second-order valence-corrected chi connectivity index (χ2v) is 7.38. The predicted molar refractivity (Wildman–Crippen MR) is 87.6 cm³/mol. The second-order valence-electron chi connectivity index (χ2n) is 5.39. The fourth-order valence-corrected chi connectivity index (χ4v) is 3.63. The lowest BCUT2D eigenvalue weighted by Gasteiger charge is -2.09. The minimum absolute atomic E-state index is 0.0278. The Labute approximate surface area is 131 Å². The van der Waals surface area contributed by atoms with Crippen LogP contribution in [0.2, 0.25) is 0 Å². The van der Waals surface area contributed by atoms with Gasteiger partial charge in [-0.3, -0.25) is 4.79 Å². The van der Waals surface area contributed by atoms with Crippen molar-refractivity contribution >= 4 is 21.4 Å². The first kappa shape index (κ1) is 16.2. The van der Waals surface area contributed by atoms with Crippen molar-refractivity contribution in [2.45, 2.75) is 31.4 Å². The van der Waals surface area contributed by atoms with Crippen LogP contribution in [0.3, 0.4) is 0 Å². The van der Waals surface area contributed by atoms with Crippen LogP contribution in [0.4, 0.5) is 5.69 Å². The van der Waals surface area contributed by atoms with Crippen molar-refractivity contribution < 1.29 is 13.2 Å². The number of amides is 1. The molecule has 0 radical (unpaired) electrons. The molecule has 2 aromatic rings. The van der Waals surface area contributed by atoms with E-state index in [9.17, 15) is 13.2 Å². The van der Waals surface area contributed by atoms with Crippen LogP contribution in [0.1, 0.15) is 23.6 Å². The molecular weight excluding hydrogens is 298 g/mol.